The van der Waals surface area contributed by atoms with Crippen LogP contribution in [0.3, 0.4) is 0 Å². The van der Waals surface area contributed by atoms with Crippen molar-refractivity contribution in [2.75, 3.05) is 18.6 Å². The third-order valence-corrected chi connectivity index (χ3v) is 1.87. The number of hydrogen-bond donors (Lipinski definition) is 3. The first-order valence-corrected chi connectivity index (χ1v) is 6.20. The van der Waals surface area contributed by atoms with E-state index in [4.69, 9.17) is 5.11 Å². The molecule has 4 heteroatoms. The summed E-state index contributed by atoms with van der Waals surface area (Å²) in [6.45, 7) is 2.13. The number of aldehydes is 1. The first-order valence-electron chi connectivity index (χ1n) is 4.93. The van der Waals surface area contributed by atoms with Crippen LogP contribution in [0.5, 0.6) is 0 Å². The number of aliphatic hydroxyl groups excluding tert-OH is 1. The summed E-state index contributed by atoms with van der Waals surface area (Å²) in [6, 6.07) is 0. The van der Waals surface area contributed by atoms with Gasteiger partial charge in [-0.1, -0.05) is 19.8 Å². The molecule has 2 nitrogen and oxygen atoms in total. The van der Waals surface area contributed by atoms with Crippen molar-refractivity contribution in [1.29, 1.82) is 0 Å². The van der Waals surface area contributed by atoms with Crippen LogP contribution in [-0.2, 0) is 4.79 Å². The van der Waals surface area contributed by atoms with E-state index in [0.717, 1.165) is 44.2 Å². The van der Waals surface area contributed by atoms with Gasteiger partial charge in [0, 0.05) is 13.5 Å². The van der Waals surface area contributed by atoms with Crippen LogP contribution in [0.2, 0.25) is 0 Å². The lowest BCUT2D eigenvalue weighted by Gasteiger charge is -1.85. The van der Waals surface area contributed by atoms with Gasteiger partial charge in [0.15, 0.2) is 0 Å². The maximum atomic E-state index is 9.68. The molecule has 14 heavy (non-hydrogen) atoms. The molecular formula is C10H24O2S2. The summed E-state index contributed by atoms with van der Waals surface area (Å²) in [4.78, 5) is 9.68. The molecule has 0 atom stereocenters. The highest BCUT2D eigenvalue weighted by atomic mass is 32.1. The molecule has 0 saturated carbocycles. The second-order valence-corrected chi connectivity index (χ2v) is 3.36. The normalized spacial score (nSPS) is 7.79. The van der Waals surface area contributed by atoms with Gasteiger partial charge in [0.2, 0.25) is 0 Å². The van der Waals surface area contributed by atoms with E-state index in [1.165, 1.54) is 12.8 Å². The summed E-state index contributed by atoms with van der Waals surface area (Å²) in [6.07, 6.45) is 6.31. The van der Waals surface area contributed by atoms with E-state index in [2.05, 4.69) is 32.2 Å². The third-order valence-electron chi connectivity index (χ3n) is 1.24. The molecule has 0 aliphatic carbocycles. The molecule has 0 radical (unpaired) electrons. The van der Waals surface area contributed by atoms with Gasteiger partial charge in [-0.05, 0) is 24.3 Å². The SMILES string of the molecule is CCCCCC=O.CO.SCCCS. The summed E-state index contributed by atoms with van der Waals surface area (Å²) >= 11 is 7.90. The Balaban J connectivity index is -0.000000152. The Morgan fingerprint density at radius 1 is 1.07 bits per heavy atom. The molecule has 0 heterocycles. The van der Waals surface area contributed by atoms with Gasteiger partial charge in [0.25, 0.3) is 0 Å². The van der Waals surface area contributed by atoms with Crippen molar-refractivity contribution in [2.24, 2.45) is 0 Å². The number of carbonyl (C=O) groups is 1. The zero-order valence-corrected chi connectivity index (χ0v) is 11.1. The van der Waals surface area contributed by atoms with Crippen LogP contribution in [0.4, 0.5) is 0 Å². The molecule has 0 rings (SSSR count). The van der Waals surface area contributed by atoms with Gasteiger partial charge >= 0.3 is 0 Å². The second kappa shape index (κ2) is 29.2. The maximum absolute atomic E-state index is 9.68. The number of hydrogen-bond acceptors (Lipinski definition) is 4. The average molecular weight is 240 g/mol. The van der Waals surface area contributed by atoms with E-state index in [-0.39, 0.29) is 0 Å². The van der Waals surface area contributed by atoms with Crippen molar-refractivity contribution in [3.63, 3.8) is 0 Å². The standard InChI is InChI=1S/C6H12O.C3H8S2.CH4O/c1-2-3-4-5-6-7;4-2-1-3-5;1-2/h6H,2-5H2,1H3;4-5H,1-3H2;2H,1H3. The smallest absolute Gasteiger partial charge is 0.119 e. The Morgan fingerprint density at radius 2 is 1.57 bits per heavy atom. The van der Waals surface area contributed by atoms with E-state index >= 15 is 0 Å². The first kappa shape index (κ1) is 19.8. The molecule has 0 bridgehead atoms. The van der Waals surface area contributed by atoms with Gasteiger partial charge in [-0.3, -0.25) is 0 Å². The molecular weight excluding hydrogens is 216 g/mol. The Bertz CT molecular complexity index is 78.5. The lowest BCUT2D eigenvalue weighted by atomic mass is 10.2. The van der Waals surface area contributed by atoms with Gasteiger partial charge in [-0.25, -0.2) is 0 Å². The van der Waals surface area contributed by atoms with E-state index in [1.807, 2.05) is 0 Å². The molecule has 88 valence electrons. The monoisotopic (exact) mass is 240 g/mol. The van der Waals surface area contributed by atoms with Gasteiger partial charge in [0.1, 0.15) is 6.29 Å². The Kier molecular flexibility index (Phi) is 41.4. The number of unbranched alkanes of at least 4 members (excludes halogenated alkanes) is 3. The van der Waals surface area contributed by atoms with Gasteiger partial charge in [0.05, 0.1) is 0 Å². The van der Waals surface area contributed by atoms with Crippen molar-refractivity contribution in [3.8, 4) is 0 Å². The highest BCUT2D eigenvalue weighted by Crippen LogP contribution is 1.94. The van der Waals surface area contributed by atoms with Crippen molar-refractivity contribution < 1.29 is 9.90 Å². The molecule has 0 aromatic carbocycles. The van der Waals surface area contributed by atoms with Crippen LogP contribution >= 0.6 is 25.3 Å². The Hall–Kier alpha value is 0.330. The van der Waals surface area contributed by atoms with E-state index in [1.54, 1.807) is 0 Å². The zero-order valence-electron chi connectivity index (χ0n) is 9.28. The zero-order chi connectivity index (χ0) is 11.7. The number of carbonyl (C=O) groups excluding carboxylic acids is 1. The predicted octanol–water partition coefficient (Wildman–Crippen LogP) is 2.61. The minimum Gasteiger partial charge on any atom is -0.400 e. The lowest BCUT2D eigenvalue weighted by molar-refractivity contribution is -0.107. The van der Waals surface area contributed by atoms with Crippen LogP contribution in [0, 0.1) is 0 Å². The topological polar surface area (TPSA) is 37.3 Å². The summed E-state index contributed by atoms with van der Waals surface area (Å²) in [5.41, 5.74) is 0. The molecule has 0 aliphatic rings. The molecule has 0 fully saturated rings. The largest absolute Gasteiger partial charge is 0.400 e. The third kappa shape index (κ3) is 39.5. The molecule has 1 N–H and O–H groups in total. The van der Waals surface area contributed by atoms with E-state index in [9.17, 15) is 4.79 Å². The molecule has 0 saturated heterocycles. The van der Waals surface area contributed by atoms with Gasteiger partial charge in [-0.15, -0.1) is 0 Å². The number of thiol groups is 2. The minimum atomic E-state index is 0.744. The lowest BCUT2D eigenvalue weighted by Crippen LogP contribution is -1.73. The van der Waals surface area contributed by atoms with Crippen molar-refractivity contribution in [3.05, 3.63) is 0 Å². The van der Waals surface area contributed by atoms with Crippen LogP contribution in [0.1, 0.15) is 39.0 Å². The quantitative estimate of drug-likeness (QED) is 0.379. The van der Waals surface area contributed by atoms with E-state index < -0.39 is 0 Å². The predicted molar refractivity (Wildman–Crippen MR) is 70.7 cm³/mol. The van der Waals surface area contributed by atoms with Crippen LogP contribution in [0.15, 0.2) is 0 Å². The van der Waals surface area contributed by atoms with Crippen molar-refractivity contribution >= 4 is 31.5 Å². The van der Waals surface area contributed by atoms with Crippen LogP contribution in [-0.4, -0.2) is 30.0 Å². The molecule has 0 spiro atoms. The van der Waals surface area contributed by atoms with Crippen LogP contribution < -0.4 is 0 Å². The summed E-state index contributed by atoms with van der Waals surface area (Å²) in [7, 11) is 1.00. The van der Waals surface area contributed by atoms with Gasteiger partial charge < -0.3 is 9.90 Å². The highest BCUT2D eigenvalue weighted by molar-refractivity contribution is 7.81. The minimum absolute atomic E-state index is 0.744. The van der Waals surface area contributed by atoms with E-state index in [0.29, 0.717) is 0 Å². The number of rotatable bonds is 6. The maximum Gasteiger partial charge on any atom is 0.119 e. The molecule has 0 aliphatic heterocycles. The fourth-order valence-electron chi connectivity index (χ4n) is 0.548. The summed E-state index contributed by atoms with van der Waals surface area (Å²) < 4.78 is 0. The number of aliphatic hydroxyl groups is 1. The first-order chi connectivity index (χ1) is 6.83. The second-order valence-electron chi connectivity index (χ2n) is 2.46. The molecule has 0 amide bonds. The van der Waals surface area contributed by atoms with Crippen LogP contribution in [0.25, 0.3) is 0 Å². The van der Waals surface area contributed by atoms with Gasteiger partial charge in [-0.2, -0.15) is 25.3 Å². The molecule has 0 aromatic rings. The Morgan fingerprint density at radius 3 is 1.79 bits per heavy atom. The Labute approximate surface area is 99.3 Å². The summed E-state index contributed by atoms with van der Waals surface area (Å²) in [5.74, 6) is 1.92. The average Bonchev–Trinajstić information content (AvgIpc) is 2.24. The van der Waals surface area contributed by atoms with Crippen molar-refractivity contribution in [1.82, 2.24) is 0 Å². The fourth-order valence-corrected chi connectivity index (χ4v) is 1.11. The van der Waals surface area contributed by atoms with Crippen molar-refractivity contribution in [2.45, 2.75) is 39.0 Å². The summed E-state index contributed by atoms with van der Waals surface area (Å²) in [5, 5.41) is 7.00. The molecule has 0 aromatic heterocycles. The highest BCUT2D eigenvalue weighted by Gasteiger charge is 1.80. The molecule has 0 unspecified atom stereocenters. The fraction of sp³-hybridized carbons (Fsp3) is 0.900.